The van der Waals surface area contributed by atoms with E-state index in [4.69, 9.17) is 11.6 Å². The van der Waals surface area contributed by atoms with Gasteiger partial charge in [-0.25, -0.2) is 4.98 Å². The smallest absolute Gasteiger partial charge is 0.322 e. The Morgan fingerprint density at radius 1 is 1.23 bits per heavy atom. The number of halogens is 4. The first kappa shape index (κ1) is 18.4. The summed E-state index contributed by atoms with van der Waals surface area (Å²) in [4.78, 5) is 16.4. The fourth-order valence-corrected chi connectivity index (χ4v) is 3.36. The molecule has 0 aliphatic carbocycles. The van der Waals surface area contributed by atoms with Gasteiger partial charge in [-0.15, -0.1) is 11.3 Å². The summed E-state index contributed by atoms with van der Waals surface area (Å²) in [7, 11) is 0. The first-order valence-corrected chi connectivity index (χ1v) is 8.65. The maximum atomic E-state index is 12.8. The minimum atomic E-state index is -4.47. The van der Waals surface area contributed by atoms with Gasteiger partial charge in [0, 0.05) is 16.8 Å². The fraction of sp³-hybridized carbons (Fsp3) is 0.111. The Balaban J connectivity index is 1.76. The van der Waals surface area contributed by atoms with Crippen LogP contribution in [0.5, 0.6) is 0 Å². The van der Waals surface area contributed by atoms with Crippen molar-refractivity contribution in [1.82, 2.24) is 4.98 Å². The number of amides is 1. The van der Waals surface area contributed by atoms with Crippen molar-refractivity contribution in [2.75, 3.05) is 5.32 Å². The van der Waals surface area contributed by atoms with Gasteiger partial charge in [-0.1, -0.05) is 11.6 Å². The summed E-state index contributed by atoms with van der Waals surface area (Å²) in [5, 5.41) is 3.71. The number of thiazole rings is 1. The predicted molar refractivity (Wildman–Crippen MR) is 98.5 cm³/mol. The van der Waals surface area contributed by atoms with Crippen molar-refractivity contribution in [3.05, 3.63) is 63.6 Å². The predicted octanol–water partition coefficient (Wildman–Crippen LogP) is 5.93. The third-order valence-corrected chi connectivity index (χ3v) is 4.78. The Morgan fingerprint density at radius 2 is 2.00 bits per heavy atom. The molecule has 1 N–H and O–H groups in total. The molecular formula is C18H12ClF3N2OS. The van der Waals surface area contributed by atoms with Crippen LogP contribution in [0, 0.1) is 6.92 Å². The highest BCUT2D eigenvalue weighted by Crippen LogP contribution is 2.32. The highest BCUT2D eigenvalue weighted by molar-refractivity contribution is 7.18. The Morgan fingerprint density at radius 3 is 2.73 bits per heavy atom. The quantitative estimate of drug-likeness (QED) is 0.557. The van der Waals surface area contributed by atoms with Crippen molar-refractivity contribution >= 4 is 50.8 Å². The normalized spacial score (nSPS) is 12.0. The van der Waals surface area contributed by atoms with Crippen LogP contribution < -0.4 is 5.32 Å². The summed E-state index contributed by atoms with van der Waals surface area (Å²) in [6, 6.07) is 8.25. The van der Waals surface area contributed by atoms with Crippen molar-refractivity contribution in [2.24, 2.45) is 0 Å². The molecule has 2 aromatic carbocycles. The standard InChI is InChI=1S/C18H12ClF3N2OS/c1-10-23-15-6-4-13(9-16(15)26-10)24-17(25)7-2-11-8-12(18(20,21)22)3-5-14(11)19/h2-9H,1H3,(H,24,25)/b7-2+. The fourth-order valence-electron chi connectivity index (χ4n) is 2.31. The molecule has 0 atom stereocenters. The summed E-state index contributed by atoms with van der Waals surface area (Å²) in [6.45, 7) is 1.89. The summed E-state index contributed by atoms with van der Waals surface area (Å²) >= 11 is 7.41. The number of aryl methyl sites for hydroxylation is 1. The number of anilines is 1. The number of fused-ring (bicyclic) bond motifs is 1. The molecule has 0 aliphatic heterocycles. The summed E-state index contributed by atoms with van der Waals surface area (Å²) in [5.74, 6) is -0.473. The lowest BCUT2D eigenvalue weighted by Gasteiger charge is -2.08. The van der Waals surface area contributed by atoms with Crippen LogP contribution in [0.4, 0.5) is 18.9 Å². The van der Waals surface area contributed by atoms with Crippen LogP contribution in [0.15, 0.2) is 42.5 Å². The number of aromatic nitrogens is 1. The number of alkyl halides is 3. The number of nitrogens with zero attached hydrogens (tertiary/aromatic N) is 1. The van der Waals surface area contributed by atoms with Crippen LogP contribution in [0.2, 0.25) is 5.02 Å². The molecule has 134 valence electrons. The van der Waals surface area contributed by atoms with Gasteiger partial charge < -0.3 is 5.32 Å². The van der Waals surface area contributed by atoms with Crippen LogP contribution in [-0.2, 0) is 11.0 Å². The molecular weight excluding hydrogens is 385 g/mol. The van der Waals surface area contributed by atoms with Gasteiger partial charge in [-0.3, -0.25) is 4.79 Å². The second-order valence-corrected chi connectivity index (χ2v) is 7.11. The summed E-state index contributed by atoms with van der Waals surface area (Å²) in [5.41, 5.74) is 0.709. The van der Waals surface area contributed by atoms with Crippen molar-refractivity contribution in [1.29, 1.82) is 0 Å². The Labute approximate surface area is 156 Å². The molecule has 0 spiro atoms. The maximum Gasteiger partial charge on any atom is 0.416 e. The molecule has 8 heteroatoms. The number of carbonyl (C=O) groups is 1. The molecule has 0 saturated heterocycles. The molecule has 3 nitrogen and oxygen atoms in total. The molecule has 3 rings (SSSR count). The maximum absolute atomic E-state index is 12.8. The van der Waals surface area contributed by atoms with E-state index < -0.39 is 17.6 Å². The van der Waals surface area contributed by atoms with Gasteiger partial charge in [0.15, 0.2) is 0 Å². The van der Waals surface area contributed by atoms with Crippen LogP contribution in [0.3, 0.4) is 0 Å². The van der Waals surface area contributed by atoms with Crippen molar-refractivity contribution < 1.29 is 18.0 Å². The topological polar surface area (TPSA) is 42.0 Å². The third-order valence-electron chi connectivity index (χ3n) is 3.50. The zero-order valence-electron chi connectivity index (χ0n) is 13.4. The minimum absolute atomic E-state index is 0.116. The van der Waals surface area contributed by atoms with Crippen molar-refractivity contribution in [3.8, 4) is 0 Å². The number of hydrogen-bond donors (Lipinski definition) is 1. The number of hydrogen-bond acceptors (Lipinski definition) is 3. The first-order chi connectivity index (χ1) is 12.2. The van der Waals surface area contributed by atoms with E-state index in [1.807, 2.05) is 6.92 Å². The highest BCUT2D eigenvalue weighted by Gasteiger charge is 2.30. The third kappa shape index (κ3) is 4.23. The zero-order chi connectivity index (χ0) is 18.9. The van der Waals surface area contributed by atoms with Crippen molar-refractivity contribution in [3.63, 3.8) is 0 Å². The Kier molecular flexibility index (Phi) is 5.02. The van der Waals surface area contributed by atoms with Gasteiger partial charge in [0.2, 0.25) is 5.91 Å². The van der Waals surface area contributed by atoms with E-state index in [9.17, 15) is 18.0 Å². The van der Waals surface area contributed by atoms with Gasteiger partial charge in [-0.2, -0.15) is 13.2 Å². The second-order valence-electron chi connectivity index (χ2n) is 5.47. The van der Waals surface area contributed by atoms with Gasteiger partial charge in [0.1, 0.15) is 0 Å². The SMILES string of the molecule is Cc1nc2ccc(NC(=O)/C=C/c3cc(C(F)(F)F)ccc3Cl)cc2s1. The minimum Gasteiger partial charge on any atom is -0.322 e. The first-order valence-electron chi connectivity index (χ1n) is 7.45. The van der Waals surface area contributed by atoms with Gasteiger partial charge in [0.05, 0.1) is 20.8 Å². The Hall–Kier alpha value is -2.38. The van der Waals surface area contributed by atoms with E-state index in [0.29, 0.717) is 5.69 Å². The molecule has 3 aromatic rings. The lowest BCUT2D eigenvalue weighted by Crippen LogP contribution is -2.07. The molecule has 26 heavy (non-hydrogen) atoms. The van der Waals surface area contributed by atoms with Gasteiger partial charge >= 0.3 is 6.18 Å². The molecule has 0 bridgehead atoms. The van der Waals surface area contributed by atoms with Crippen LogP contribution in [-0.4, -0.2) is 10.9 Å². The molecule has 0 fully saturated rings. The Bertz CT molecular complexity index is 1010. The van der Waals surface area contributed by atoms with Crippen LogP contribution >= 0.6 is 22.9 Å². The van der Waals surface area contributed by atoms with E-state index in [2.05, 4.69) is 10.3 Å². The lowest BCUT2D eigenvalue weighted by atomic mass is 10.1. The average Bonchev–Trinajstić information content (AvgIpc) is 2.92. The number of nitrogens with one attached hydrogen (secondary N) is 1. The number of carbonyl (C=O) groups excluding carboxylic acids is 1. The van der Waals surface area contributed by atoms with Gasteiger partial charge in [-0.05, 0) is 55.0 Å². The summed E-state index contributed by atoms with van der Waals surface area (Å²) < 4.78 is 39.2. The molecule has 1 amide bonds. The molecule has 0 aliphatic rings. The molecule has 0 saturated carbocycles. The monoisotopic (exact) mass is 396 g/mol. The van der Waals surface area contributed by atoms with E-state index in [1.54, 1.807) is 18.2 Å². The second kappa shape index (κ2) is 7.09. The van der Waals surface area contributed by atoms with E-state index >= 15 is 0 Å². The van der Waals surface area contributed by atoms with E-state index in [0.717, 1.165) is 39.5 Å². The average molecular weight is 397 g/mol. The number of rotatable bonds is 3. The van der Waals surface area contributed by atoms with E-state index in [1.165, 1.54) is 17.4 Å². The lowest BCUT2D eigenvalue weighted by molar-refractivity contribution is -0.137. The van der Waals surface area contributed by atoms with Crippen LogP contribution in [0.1, 0.15) is 16.1 Å². The molecule has 1 aromatic heterocycles. The number of benzene rings is 2. The molecule has 0 radical (unpaired) electrons. The van der Waals surface area contributed by atoms with E-state index in [-0.39, 0.29) is 10.6 Å². The van der Waals surface area contributed by atoms with Crippen LogP contribution in [0.25, 0.3) is 16.3 Å². The largest absolute Gasteiger partial charge is 0.416 e. The van der Waals surface area contributed by atoms with Gasteiger partial charge in [0.25, 0.3) is 0 Å². The van der Waals surface area contributed by atoms with Crippen molar-refractivity contribution in [2.45, 2.75) is 13.1 Å². The zero-order valence-corrected chi connectivity index (χ0v) is 15.0. The highest BCUT2D eigenvalue weighted by atomic mass is 35.5. The molecule has 0 unspecified atom stereocenters. The summed E-state index contributed by atoms with van der Waals surface area (Å²) in [6.07, 6.45) is -2.08. The molecule has 1 heterocycles.